The van der Waals surface area contributed by atoms with Crippen LogP contribution in [0.5, 0.6) is 0 Å². The Bertz CT molecular complexity index is 412. The zero-order chi connectivity index (χ0) is 13.5. The second-order valence-electron chi connectivity index (χ2n) is 4.41. The number of nitrogens with one attached hydrogen (secondary N) is 1. The Kier molecular flexibility index (Phi) is 5.36. The topological polar surface area (TPSA) is 49.4 Å². The smallest absolute Gasteiger partial charge is 0.219 e. The fourth-order valence-electron chi connectivity index (χ4n) is 1.63. The molecule has 0 radical (unpaired) electrons. The maximum absolute atomic E-state index is 11.5. The van der Waals surface area contributed by atoms with Gasteiger partial charge in [0.05, 0.1) is 0 Å². The lowest BCUT2D eigenvalue weighted by Gasteiger charge is -2.21. The first-order valence-electron chi connectivity index (χ1n) is 6.04. The molecular weight excluding hydrogens is 228 g/mol. The van der Waals surface area contributed by atoms with E-state index in [9.17, 15) is 9.59 Å². The van der Waals surface area contributed by atoms with Crippen LogP contribution in [-0.4, -0.2) is 29.8 Å². The number of hydrogen-bond acceptors (Lipinski definition) is 2. The Labute approximate surface area is 108 Å². The minimum absolute atomic E-state index is 0.0147. The molecule has 0 spiro atoms. The lowest BCUT2D eigenvalue weighted by atomic mass is 10.1. The van der Waals surface area contributed by atoms with Crippen molar-refractivity contribution in [2.24, 2.45) is 0 Å². The quantitative estimate of drug-likeness (QED) is 0.858. The van der Waals surface area contributed by atoms with E-state index >= 15 is 0 Å². The van der Waals surface area contributed by atoms with Crippen LogP contribution in [-0.2, 0) is 16.1 Å². The summed E-state index contributed by atoms with van der Waals surface area (Å²) in [5.41, 5.74) is 2.30. The van der Waals surface area contributed by atoms with Gasteiger partial charge in [-0.15, -0.1) is 0 Å². The summed E-state index contributed by atoms with van der Waals surface area (Å²) in [5.74, 6) is -0.0604. The van der Waals surface area contributed by atoms with Crippen LogP contribution in [0.3, 0.4) is 0 Å². The Morgan fingerprint density at radius 3 is 2.28 bits per heavy atom. The summed E-state index contributed by atoms with van der Waals surface area (Å²) < 4.78 is 0. The van der Waals surface area contributed by atoms with E-state index in [1.165, 1.54) is 12.5 Å². The van der Waals surface area contributed by atoms with Crippen molar-refractivity contribution in [3.8, 4) is 0 Å². The first-order chi connectivity index (χ1) is 8.49. The van der Waals surface area contributed by atoms with Crippen molar-refractivity contribution in [2.75, 3.05) is 13.1 Å². The molecule has 1 aromatic rings. The Morgan fingerprint density at radius 1 is 1.17 bits per heavy atom. The van der Waals surface area contributed by atoms with Gasteiger partial charge in [0.25, 0.3) is 0 Å². The minimum Gasteiger partial charge on any atom is -0.355 e. The maximum Gasteiger partial charge on any atom is 0.219 e. The molecule has 1 aromatic carbocycles. The van der Waals surface area contributed by atoms with Crippen molar-refractivity contribution in [3.63, 3.8) is 0 Å². The number of carbonyl (C=O) groups is 2. The maximum atomic E-state index is 11.5. The van der Waals surface area contributed by atoms with Crippen LogP contribution in [0.25, 0.3) is 0 Å². The molecule has 1 rings (SSSR count). The third kappa shape index (κ3) is 4.99. The molecule has 0 aromatic heterocycles. The van der Waals surface area contributed by atoms with E-state index in [1.54, 1.807) is 11.8 Å². The van der Waals surface area contributed by atoms with Gasteiger partial charge in [0.15, 0.2) is 0 Å². The predicted molar refractivity (Wildman–Crippen MR) is 71.0 cm³/mol. The van der Waals surface area contributed by atoms with E-state index in [1.807, 2.05) is 31.2 Å². The summed E-state index contributed by atoms with van der Waals surface area (Å²) in [5, 5.41) is 2.69. The van der Waals surface area contributed by atoms with Crippen LogP contribution in [0, 0.1) is 6.92 Å². The molecule has 0 saturated carbocycles. The second-order valence-corrected chi connectivity index (χ2v) is 4.41. The Hall–Kier alpha value is -1.84. The zero-order valence-electron chi connectivity index (χ0n) is 11.2. The van der Waals surface area contributed by atoms with E-state index in [0.29, 0.717) is 19.6 Å². The zero-order valence-corrected chi connectivity index (χ0v) is 11.2. The van der Waals surface area contributed by atoms with Crippen LogP contribution in [0.1, 0.15) is 25.0 Å². The van der Waals surface area contributed by atoms with Crippen LogP contribution < -0.4 is 5.32 Å². The van der Waals surface area contributed by atoms with Crippen molar-refractivity contribution < 1.29 is 9.59 Å². The Morgan fingerprint density at radius 2 is 1.78 bits per heavy atom. The van der Waals surface area contributed by atoms with Gasteiger partial charge < -0.3 is 10.2 Å². The van der Waals surface area contributed by atoms with Crippen molar-refractivity contribution in [3.05, 3.63) is 35.4 Å². The average molecular weight is 248 g/mol. The van der Waals surface area contributed by atoms with E-state index in [4.69, 9.17) is 0 Å². The molecule has 0 aliphatic carbocycles. The standard InChI is InChI=1S/C14H20N2O2/c1-11-4-6-14(7-5-11)10-16(13(3)18)9-8-15-12(2)17/h4-7H,8-10H2,1-3H3,(H,15,17). The van der Waals surface area contributed by atoms with Gasteiger partial charge >= 0.3 is 0 Å². The summed E-state index contributed by atoms with van der Waals surface area (Å²) >= 11 is 0. The molecule has 0 saturated heterocycles. The van der Waals surface area contributed by atoms with Gasteiger partial charge in [0, 0.05) is 33.5 Å². The van der Waals surface area contributed by atoms with E-state index in [2.05, 4.69) is 5.32 Å². The fraction of sp³-hybridized carbons (Fsp3) is 0.429. The SMILES string of the molecule is CC(=O)NCCN(Cc1ccc(C)cc1)C(C)=O. The molecule has 0 bridgehead atoms. The highest BCUT2D eigenvalue weighted by atomic mass is 16.2. The van der Waals surface area contributed by atoms with Gasteiger partial charge in [-0.05, 0) is 12.5 Å². The van der Waals surface area contributed by atoms with Crippen molar-refractivity contribution in [1.82, 2.24) is 10.2 Å². The molecule has 0 heterocycles. The third-order valence-electron chi connectivity index (χ3n) is 2.70. The molecule has 4 heteroatoms. The van der Waals surface area contributed by atoms with Crippen LogP contribution in [0.4, 0.5) is 0 Å². The molecule has 4 nitrogen and oxygen atoms in total. The van der Waals surface area contributed by atoms with Crippen molar-refractivity contribution in [2.45, 2.75) is 27.3 Å². The molecule has 18 heavy (non-hydrogen) atoms. The van der Waals surface area contributed by atoms with Crippen molar-refractivity contribution >= 4 is 11.8 Å². The highest BCUT2D eigenvalue weighted by Gasteiger charge is 2.09. The summed E-state index contributed by atoms with van der Waals surface area (Å²) in [6.45, 7) is 6.64. The highest BCUT2D eigenvalue weighted by molar-refractivity contribution is 5.74. The Balaban J connectivity index is 2.54. The summed E-state index contributed by atoms with van der Waals surface area (Å²) in [4.78, 5) is 24.0. The summed E-state index contributed by atoms with van der Waals surface area (Å²) in [7, 11) is 0. The molecule has 1 N–H and O–H groups in total. The first-order valence-corrected chi connectivity index (χ1v) is 6.04. The average Bonchev–Trinajstić information content (AvgIpc) is 2.30. The number of amides is 2. The van der Waals surface area contributed by atoms with Gasteiger partial charge in [-0.3, -0.25) is 9.59 Å². The normalized spacial score (nSPS) is 9.94. The first kappa shape index (κ1) is 14.2. The van der Waals surface area contributed by atoms with Crippen LogP contribution >= 0.6 is 0 Å². The fourth-order valence-corrected chi connectivity index (χ4v) is 1.63. The van der Waals surface area contributed by atoms with Crippen molar-refractivity contribution in [1.29, 1.82) is 0 Å². The largest absolute Gasteiger partial charge is 0.355 e. The number of aryl methyl sites for hydroxylation is 1. The number of benzene rings is 1. The predicted octanol–water partition coefficient (Wildman–Crippen LogP) is 1.48. The monoisotopic (exact) mass is 248 g/mol. The molecule has 0 aliphatic heterocycles. The molecule has 0 unspecified atom stereocenters. The third-order valence-corrected chi connectivity index (χ3v) is 2.70. The van der Waals surface area contributed by atoms with Gasteiger partial charge in [0.1, 0.15) is 0 Å². The lowest BCUT2D eigenvalue weighted by Crippen LogP contribution is -2.36. The number of carbonyl (C=O) groups excluding carboxylic acids is 2. The summed E-state index contributed by atoms with van der Waals surface area (Å²) in [6.07, 6.45) is 0. The lowest BCUT2D eigenvalue weighted by molar-refractivity contribution is -0.130. The van der Waals surface area contributed by atoms with E-state index in [-0.39, 0.29) is 11.8 Å². The van der Waals surface area contributed by atoms with E-state index < -0.39 is 0 Å². The molecule has 2 amide bonds. The summed E-state index contributed by atoms with van der Waals surface area (Å²) in [6, 6.07) is 8.09. The van der Waals surface area contributed by atoms with E-state index in [0.717, 1.165) is 5.56 Å². The minimum atomic E-state index is -0.0752. The van der Waals surface area contributed by atoms with Gasteiger partial charge in [0.2, 0.25) is 11.8 Å². The van der Waals surface area contributed by atoms with Gasteiger partial charge in [-0.2, -0.15) is 0 Å². The molecular formula is C14H20N2O2. The molecule has 98 valence electrons. The van der Waals surface area contributed by atoms with Crippen LogP contribution in [0.2, 0.25) is 0 Å². The number of nitrogens with zero attached hydrogens (tertiary/aromatic N) is 1. The number of rotatable bonds is 5. The van der Waals surface area contributed by atoms with Gasteiger partial charge in [-0.25, -0.2) is 0 Å². The second kappa shape index (κ2) is 6.79. The number of hydrogen-bond donors (Lipinski definition) is 1. The van der Waals surface area contributed by atoms with Crippen LogP contribution in [0.15, 0.2) is 24.3 Å². The molecule has 0 fully saturated rings. The molecule has 0 atom stereocenters. The highest BCUT2D eigenvalue weighted by Crippen LogP contribution is 2.06. The molecule has 0 aliphatic rings. The van der Waals surface area contributed by atoms with Gasteiger partial charge in [-0.1, -0.05) is 29.8 Å².